The minimum Gasteiger partial charge on any atom is -0.394 e. The molecule has 0 fully saturated rings. The minimum absolute atomic E-state index is 0.531. The van der Waals surface area contributed by atoms with Crippen LogP contribution in [0.5, 0.6) is 0 Å². The number of hydrogen-bond acceptors (Lipinski definition) is 4. The molecule has 0 spiro atoms. The fraction of sp³-hybridized carbons (Fsp3) is 0. The van der Waals surface area contributed by atoms with Crippen molar-refractivity contribution >= 4 is 5.69 Å². The quantitative estimate of drug-likeness (QED) is 0.579. The number of aromatic nitrogens is 2. The van der Waals surface area contributed by atoms with Crippen molar-refractivity contribution in [2.75, 3.05) is 5.73 Å². The van der Waals surface area contributed by atoms with Gasteiger partial charge in [-0.2, -0.15) is 0 Å². The maximum Gasteiger partial charge on any atom is 0.207 e. The Morgan fingerprint density at radius 3 is 3.20 bits per heavy atom. The van der Waals surface area contributed by atoms with Crippen molar-refractivity contribution in [2.24, 2.45) is 0 Å². The zero-order valence-electron chi connectivity index (χ0n) is 5.11. The second-order valence-electron chi connectivity index (χ2n) is 1.94. The van der Waals surface area contributed by atoms with Crippen molar-refractivity contribution in [3.05, 3.63) is 18.5 Å². The van der Waals surface area contributed by atoms with Crippen LogP contribution < -0.4 is 5.73 Å². The number of fused-ring (bicyclic) bond motifs is 1. The summed E-state index contributed by atoms with van der Waals surface area (Å²) in [6.07, 6.45) is 3.09. The van der Waals surface area contributed by atoms with Crippen molar-refractivity contribution in [1.29, 1.82) is 0 Å². The van der Waals surface area contributed by atoms with Gasteiger partial charge in [0.25, 0.3) is 0 Å². The number of nitrogens with two attached hydrogens (primary N) is 1. The van der Waals surface area contributed by atoms with Gasteiger partial charge in [-0.25, -0.2) is 0 Å². The highest BCUT2D eigenvalue weighted by Gasteiger charge is 2.09. The van der Waals surface area contributed by atoms with Gasteiger partial charge in [-0.05, 0) is 6.07 Å². The lowest BCUT2D eigenvalue weighted by Crippen LogP contribution is -1.84. The van der Waals surface area contributed by atoms with Gasteiger partial charge in [0.05, 0.1) is 18.1 Å². The van der Waals surface area contributed by atoms with E-state index in [-0.39, 0.29) is 0 Å². The number of nitrogen functional groups attached to an aromatic ring is 1. The van der Waals surface area contributed by atoms with Gasteiger partial charge in [-0.1, -0.05) is 5.16 Å². The fourth-order valence-corrected chi connectivity index (χ4v) is 0.807. The van der Waals surface area contributed by atoms with Crippen LogP contribution in [0.1, 0.15) is 0 Å². The molecule has 0 saturated heterocycles. The Bertz CT molecular complexity index is 317. The van der Waals surface area contributed by atoms with E-state index < -0.39 is 0 Å². The van der Waals surface area contributed by atoms with Crippen LogP contribution in [0.15, 0.2) is 23.0 Å². The Morgan fingerprint density at radius 2 is 2.40 bits per heavy atom. The normalized spacial score (nSPS) is 10.4. The minimum atomic E-state index is 0.531. The maximum absolute atomic E-state index is 5.48. The highest BCUT2D eigenvalue weighted by atomic mass is 16.5. The van der Waals surface area contributed by atoms with Gasteiger partial charge in [0.15, 0.2) is 0 Å². The van der Waals surface area contributed by atoms with Gasteiger partial charge < -0.3 is 10.3 Å². The second-order valence-corrected chi connectivity index (χ2v) is 1.94. The van der Waals surface area contributed by atoms with Gasteiger partial charge in [0.2, 0.25) is 5.76 Å². The van der Waals surface area contributed by atoms with Crippen molar-refractivity contribution in [1.82, 2.24) is 10.1 Å². The van der Waals surface area contributed by atoms with Crippen LogP contribution in [0.3, 0.4) is 0 Å². The molecule has 0 aromatic heterocycles. The molecule has 0 saturated carbocycles. The van der Waals surface area contributed by atoms with E-state index in [1.807, 2.05) is 0 Å². The van der Waals surface area contributed by atoms with Gasteiger partial charge in [0.1, 0.15) is 5.69 Å². The molecule has 0 atom stereocenters. The second kappa shape index (κ2) is 1.70. The Kier molecular flexibility index (Phi) is 0.887. The summed E-state index contributed by atoms with van der Waals surface area (Å²) < 4.78 is 4.84. The van der Waals surface area contributed by atoms with Crippen LogP contribution in [0.2, 0.25) is 0 Å². The molecule has 2 aliphatic rings. The summed E-state index contributed by atoms with van der Waals surface area (Å²) in [6, 6.07) is 1.75. The van der Waals surface area contributed by atoms with Crippen LogP contribution in [-0.2, 0) is 0 Å². The van der Waals surface area contributed by atoms with E-state index in [1.165, 1.54) is 6.20 Å². The van der Waals surface area contributed by atoms with E-state index in [2.05, 4.69) is 10.1 Å². The monoisotopic (exact) mass is 135 g/mol. The van der Waals surface area contributed by atoms with Crippen LogP contribution in [0.4, 0.5) is 5.69 Å². The first-order valence-electron chi connectivity index (χ1n) is 2.83. The molecule has 0 aliphatic carbocycles. The molecule has 0 unspecified atom stereocenters. The third kappa shape index (κ3) is 0.556. The zero-order valence-corrected chi connectivity index (χ0v) is 5.11. The SMILES string of the molecule is Nc1cnc2ccnoc1-2. The molecule has 50 valence electrons. The van der Waals surface area contributed by atoms with E-state index in [0.29, 0.717) is 11.4 Å². The maximum atomic E-state index is 5.48. The Labute approximate surface area is 57.0 Å². The zero-order chi connectivity index (χ0) is 6.97. The number of anilines is 1. The summed E-state index contributed by atoms with van der Waals surface area (Å²) in [5.41, 5.74) is 6.75. The lowest BCUT2D eigenvalue weighted by molar-refractivity contribution is 0.414. The summed E-state index contributed by atoms with van der Waals surface area (Å²) in [7, 11) is 0. The van der Waals surface area contributed by atoms with E-state index in [4.69, 9.17) is 10.3 Å². The summed E-state index contributed by atoms with van der Waals surface area (Å²) in [6.45, 7) is 0. The lowest BCUT2D eigenvalue weighted by atomic mass is 10.3. The highest BCUT2D eigenvalue weighted by molar-refractivity contribution is 5.68. The van der Waals surface area contributed by atoms with Gasteiger partial charge >= 0.3 is 0 Å². The third-order valence-corrected chi connectivity index (χ3v) is 1.27. The Morgan fingerprint density at radius 1 is 1.50 bits per heavy atom. The number of rotatable bonds is 0. The summed E-state index contributed by atoms with van der Waals surface area (Å²) in [5.74, 6) is 0.558. The van der Waals surface area contributed by atoms with Crippen molar-refractivity contribution in [2.45, 2.75) is 0 Å². The van der Waals surface area contributed by atoms with E-state index in [0.717, 1.165) is 5.69 Å². The molecule has 0 aromatic carbocycles. The average Bonchev–Trinajstić information content (AvgIpc) is 2.34. The molecule has 10 heavy (non-hydrogen) atoms. The molecule has 0 bridgehead atoms. The fourth-order valence-electron chi connectivity index (χ4n) is 0.807. The Hall–Kier alpha value is -1.58. The van der Waals surface area contributed by atoms with Gasteiger partial charge in [-0.3, -0.25) is 4.98 Å². The number of hydrogen-bond donors (Lipinski definition) is 1. The smallest absolute Gasteiger partial charge is 0.207 e. The molecule has 4 heteroatoms. The number of nitrogens with zero attached hydrogens (tertiary/aromatic N) is 2. The van der Waals surface area contributed by atoms with E-state index in [9.17, 15) is 0 Å². The molecule has 0 amide bonds. The predicted molar refractivity (Wildman–Crippen MR) is 35.3 cm³/mol. The largest absolute Gasteiger partial charge is 0.394 e. The van der Waals surface area contributed by atoms with Crippen molar-refractivity contribution in [3.8, 4) is 11.5 Å². The molecule has 2 N–H and O–H groups in total. The lowest BCUT2D eigenvalue weighted by Gasteiger charge is -1.91. The first-order chi connectivity index (χ1) is 4.88. The summed E-state index contributed by atoms with van der Waals surface area (Å²) in [5, 5.41) is 3.55. The van der Waals surface area contributed by atoms with Crippen LogP contribution in [-0.4, -0.2) is 10.1 Å². The Balaban J connectivity index is 2.78. The third-order valence-electron chi connectivity index (χ3n) is 1.27. The molecule has 0 aromatic rings. The highest BCUT2D eigenvalue weighted by Crippen LogP contribution is 2.24. The molecule has 0 radical (unpaired) electrons. The van der Waals surface area contributed by atoms with Crippen molar-refractivity contribution in [3.63, 3.8) is 0 Å². The molecule has 2 rings (SSSR count). The molecule has 4 nitrogen and oxygen atoms in total. The molecule has 2 heterocycles. The topological polar surface area (TPSA) is 64.9 Å². The van der Waals surface area contributed by atoms with Crippen molar-refractivity contribution < 1.29 is 4.52 Å². The van der Waals surface area contributed by atoms with E-state index >= 15 is 0 Å². The molecular formula is C6H5N3O. The predicted octanol–water partition coefficient (Wildman–Crippen LogP) is 0.757. The van der Waals surface area contributed by atoms with Crippen LogP contribution in [0.25, 0.3) is 11.5 Å². The average molecular weight is 135 g/mol. The first-order valence-corrected chi connectivity index (χ1v) is 2.83. The van der Waals surface area contributed by atoms with E-state index in [1.54, 1.807) is 12.3 Å². The molecular weight excluding hydrogens is 130 g/mol. The van der Waals surface area contributed by atoms with Crippen LogP contribution >= 0.6 is 0 Å². The van der Waals surface area contributed by atoms with Gasteiger partial charge in [-0.15, -0.1) is 0 Å². The molecule has 2 aliphatic heterocycles. The van der Waals surface area contributed by atoms with Gasteiger partial charge in [0, 0.05) is 0 Å². The summed E-state index contributed by atoms with van der Waals surface area (Å²) >= 11 is 0. The first kappa shape index (κ1) is 5.22. The standard InChI is InChI=1S/C6H5N3O/c7-4-3-8-5-1-2-9-10-6(4)5/h1-3H,7H2. The van der Waals surface area contributed by atoms with Crippen LogP contribution in [0, 0.1) is 0 Å². The summed E-state index contributed by atoms with van der Waals surface area (Å²) in [4.78, 5) is 3.96.